The van der Waals surface area contributed by atoms with Crippen molar-refractivity contribution in [3.63, 3.8) is 0 Å². The van der Waals surface area contributed by atoms with Crippen LogP contribution >= 0.6 is 0 Å². The number of hydrogen-bond acceptors (Lipinski definition) is 8. The molecule has 8 nitrogen and oxygen atoms in total. The summed E-state index contributed by atoms with van der Waals surface area (Å²) in [5, 5.41) is 0. The lowest BCUT2D eigenvalue weighted by molar-refractivity contribution is 0.0720. The molecule has 0 saturated carbocycles. The summed E-state index contributed by atoms with van der Waals surface area (Å²) in [5.74, 6) is 1.39. The second-order valence-electron chi connectivity index (χ2n) is 12.8. The molecule has 0 heterocycles. The van der Waals surface area contributed by atoms with E-state index < -0.39 is 11.9 Å². The van der Waals surface area contributed by atoms with E-state index in [0.29, 0.717) is 22.6 Å². The molecule has 0 aromatic heterocycles. The smallest absolute Gasteiger partial charge is 0.343 e. The summed E-state index contributed by atoms with van der Waals surface area (Å²) in [7, 11) is 0. The molecule has 0 spiro atoms. The number of rotatable bonds is 20. The Hall–Kier alpha value is -6.02. The van der Waals surface area contributed by atoms with Crippen LogP contribution in [0.15, 0.2) is 131 Å². The van der Waals surface area contributed by atoms with E-state index in [9.17, 15) is 9.59 Å². The average molecular weight is 725 g/mol. The third-order valence-corrected chi connectivity index (χ3v) is 8.47. The van der Waals surface area contributed by atoms with Crippen molar-refractivity contribution < 1.29 is 28.5 Å². The molecule has 5 aromatic carbocycles. The van der Waals surface area contributed by atoms with Gasteiger partial charge in [0.05, 0.1) is 35.7 Å². The van der Waals surface area contributed by atoms with Crippen LogP contribution in [0.1, 0.15) is 97.1 Å². The van der Waals surface area contributed by atoms with Gasteiger partial charge in [0.25, 0.3) is 0 Å². The van der Waals surface area contributed by atoms with Gasteiger partial charge in [0.2, 0.25) is 0 Å². The Morgan fingerprint density at radius 3 is 1.15 bits per heavy atom. The summed E-state index contributed by atoms with van der Waals surface area (Å²) < 4.78 is 22.7. The Balaban J connectivity index is 1.04. The van der Waals surface area contributed by atoms with E-state index in [1.807, 2.05) is 72.8 Å². The van der Waals surface area contributed by atoms with Crippen LogP contribution in [0.25, 0.3) is 0 Å². The molecule has 278 valence electrons. The van der Waals surface area contributed by atoms with Gasteiger partial charge in [-0.2, -0.15) is 0 Å². The predicted molar refractivity (Wildman–Crippen MR) is 216 cm³/mol. The van der Waals surface area contributed by atoms with Gasteiger partial charge in [-0.15, -0.1) is 0 Å². The van der Waals surface area contributed by atoms with Crippen molar-refractivity contribution >= 4 is 35.7 Å². The van der Waals surface area contributed by atoms with Crippen molar-refractivity contribution in [1.82, 2.24) is 0 Å². The second-order valence-corrected chi connectivity index (χ2v) is 12.8. The number of esters is 2. The molecule has 0 N–H and O–H groups in total. The molecule has 5 aromatic rings. The van der Waals surface area contributed by atoms with Crippen molar-refractivity contribution in [2.24, 2.45) is 9.98 Å². The lowest BCUT2D eigenvalue weighted by Crippen LogP contribution is -2.11. The van der Waals surface area contributed by atoms with E-state index in [1.54, 1.807) is 36.7 Å². The van der Waals surface area contributed by atoms with Gasteiger partial charge in [0.1, 0.15) is 23.0 Å². The number of unbranched alkanes of at least 4 members (excludes halogenated alkanes) is 6. The van der Waals surface area contributed by atoms with Gasteiger partial charge in [-0.25, -0.2) is 9.59 Å². The number of hydrogen-bond donors (Lipinski definition) is 0. The number of benzene rings is 5. The lowest BCUT2D eigenvalue weighted by atomic mass is 10.1. The predicted octanol–water partition coefficient (Wildman–Crippen LogP) is 11.5. The van der Waals surface area contributed by atoms with Crippen LogP contribution < -0.4 is 18.9 Å². The van der Waals surface area contributed by atoms with E-state index in [-0.39, 0.29) is 0 Å². The van der Waals surface area contributed by atoms with Crippen LogP contribution in [-0.2, 0) is 0 Å². The molecule has 0 radical (unpaired) electrons. The molecule has 0 amide bonds. The fraction of sp³-hybridized carbons (Fsp3) is 0.261. The zero-order valence-corrected chi connectivity index (χ0v) is 31.1. The molecule has 54 heavy (non-hydrogen) atoms. The molecule has 0 atom stereocenters. The van der Waals surface area contributed by atoms with Crippen LogP contribution in [0.3, 0.4) is 0 Å². The number of carbonyl (C=O) groups excluding carboxylic acids is 2. The lowest BCUT2D eigenvalue weighted by Gasteiger charge is -2.07. The minimum Gasteiger partial charge on any atom is -0.494 e. The number of ether oxygens (including phenoxy) is 4. The van der Waals surface area contributed by atoms with Gasteiger partial charge >= 0.3 is 11.9 Å². The highest BCUT2D eigenvalue weighted by molar-refractivity contribution is 5.95. The van der Waals surface area contributed by atoms with E-state index in [2.05, 4.69) is 23.8 Å². The molecule has 0 aliphatic heterocycles. The SMILES string of the molecule is CCCCCCOc1ccc(N=Cc2ccc(OC(=O)c3ccc(C(=O)Oc4ccc(C=Nc5ccc(OCCCCCC)cc5)cc4)cc3)cc2)cc1. The maximum Gasteiger partial charge on any atom is 0.343 e. The van der Waals surface area contributed by atoms with Crippen molar-refractivity contribution in [3.05, 3.63) is 144 Å². The minimum absolute atomic E-state index is 0.304. The normalized spacial score (nSPS) is 11.1. The number of carbonyl (C=O) groups is 2. The maximum atomic E-state index is 12.8. The number of nitrogens with zero attached hydrogens (tertiary/aromatic N) is 2. The summed E-state index contributed by atoms with van der Waals surface area (Å²) in [6.45, 7) is 5.84. The summed E-state index contributed by atoms with van der Waals surface area (Å²) in [6.07, 6.45) is 12.9. The topological polar surface area (TPSA) is 95.8 Å². The van der Waals surface area contributed by atoms with Gasteiger partial charge in [-0.05, 0) is 145 Å². The number of aliphatic imine (C=N–C) groups is 2. The van der Waals surface area contributed by atoms with Crippen molar-refractivity contribution in [3.8, 4) is 23.0 Å². The fourth-order valence-corrected chi connectivity index (χ4v) is 5.31. The third-order valence-electron chi connectivity index (χ3n) is 8.47. The fourth-order valence-electron chi connectivity index (χ4n) is 5.31. The zero-order valence-electron chi connectivity index (χ0n) is 31.1. The Morgan fingerprint density at radius 2 is 0.796 bits per heavy atom. The molecule has 0 saturated heterocycles. The molecule has 0 bridgehead atoms. The Kier molecular flexibility index (Phi) is 15.6. The first-order chi connectivity index (χ1) is 26.5. The highest BCUT2D eigenvalue weighted by Gasteiger charge is 2.13. The minimum atomic E-state index is -0.539. The van der Waals surface area contributed by atoms with E-state index in [0.717, 1.165) is 60.1 Å². The van der Waals surface area contributed by atoms with Crippen molar-refractivity contribution in [2.45, 2.75) is 65.2 Å². The highest BCUT2D eigenvalue weighted by atomic mass is 16.5. The molecule has 5 rings (SSSR count). The van der Waals surface area contributed by atoms with E-state index >= 15 is 0 Å². The van der Waals surface area contributed by atoms with E-state index in [1.165, 1.54) is 62.8 Å². The van der Waals surface area contributed by atoms with Gasteiger partial charge < -0.3 is 18.9 Å². The molecular formula is C46H48N2O6. The molecule has 8 heteroatoms. The Bertz CT molecular complexity index is 1790. The van der Waals surface area contributed by atoms with Gasteiger partial charge in [0.15, 0.2) is 0 Å². The highest BCUT2D eigenvalue weighted by Crippen LogP contribution is 2.22. The largest absolute Gasteiger partial charge is 0.494 e. The van der Waals surface area contributed by atoms with Gasteiger partial charge in [-0.3, -0.25) is 9.98 Å². The van der Waals surface area contributed by atoms with Crippen LogP contribution in [0.4, 0.5) is 11.4 Å². The van der Waals surface area contributed by atoms with Gasteiger partial charge in [-0.1, -0.05) is 52.4 Å². The average Bonchev–Trinajstić information content (AvgIpc) is 3.21. The van der Waals surface area contributed by atoms with Gasteiger partial charge in [0, 0.05) is 12.4 Å². The van der Waals surface area contributed by atoms with Crippen LogP contribution in [0.2, 0.25) is 0 Å². The third kappa shape index (κ3) is 13.2. The quantitative estimate of drug-likeness (QED) is 0.0343. The summed E-state index contributed by atoms with van der Waals surface area (Å²) in [6, 6.07) is 35.6. The Labute approximate surface area is 318 Å². The second kappa shape index (κ2) is 21.5. The maximum absolute atomic E-state index is 12.8. The molecule has 0 aliphatic rings. The van der Waals surface area contributed by atoms with Crippen molar-refractivity contribution in [1.29, 1.82) is 0 Å². The van der Waals surface area contributed by atoms with Crippen LogP contribution in [0.5, 0.6) is 23.0 Å². The molecule has 0 fully saturated rings. The zero-order chi connectivity index (χ0) is 37.8. The summed E-state index contributed by atoms with van der Waals surface area (Å²) in [5.41, 5.74) is 3.95. The van der Waals surface area contributed by atoms with Crippen LogP contribution in [-0.4, -0.2) is 37.6 Å². The monoisotopic (exact) mass is 724 g/mol. The molecule has 0 unspecified atom stereocenters. The summed E-state index contributed by atoms with van der Waals surface area (Å²) >= 11 is 0. The first kappa shape index (κ1) is 39.2. The van der Waals surface area contributed by atoms with Crippen molar-refractivity contribution in [2.75, 3.05) is 13.2 Å². The molecule has 0 aliphatic carbocycles. The Morgan fingerprint density at radius 1 is 0.444 bits per heavy atom. The first-order valence-corrected chi connectivity index (χ1v) is 18.8. The molecular weight excluding hydrogens is 677 g/mol. The van der Waals surface area contributed by atoms with E-state index in [4.69, 9.17) is 18.9 Å². The standard InChI is InChI=1S/C46H48N2O6/c1-3-5-7-9-31-51-41-27-19-39(20-28-41)47-33-35-11-23-43(24-12-35)53-45(49)37-15-17-38(18-16-37)46(50)54-44-25-13-36(14-26-44)34-48-40-21-29-42(30-22-40)52-32-10-8-6-4-2/h11-30,33-34H,3-10,31-32H2,1-2H3. The first-order valence-electron chi connectivity index (χ1n) is 18.8. The van der Waals surface area contributed by atoms with Crippen LogP contribution in [0, 0.1) is 0 Å². The summed E-state index contributed by atoms with van der Waals surface area (Å²) in [4.78, 5) is 34.6.